The van der Waals surface area contributed by atoms with Crippen LogP contribution in [-0.4, -0.2) is 18.0 Å². The lowest BCUT2D eigenvalue weighted by Gasteiger charge is -2.23. The van der Waals surface area contributed by atoms with Crippen LogP contribution in [0, 0.1) is 0 Å². The molecule has 1 heterocycles. The minimum absolute atomic E-state index is 0.426. The second kappa shape index (κ2) is 12.4. The van der Waals surface area contributed by atoms with E-state index in [0.29, 0.717) is 6.04 Å². The van der Waals surface area contributed by atoms with E-state index < -0.39 is 0 Å². The van der Waals surface area contributed by atoms with Crippen LogP contribution in [0.3, 0.4) is 0 Å². The number of hydrogen-bond donors (Lipinski definition) is 1. The zero-order chi connectivity index (χ0) is 26.2. The van der Waals surface area contributed by atoms with Crippen molar-refractivity contribution in [1.29, 1.82) is 0 Å². The van der Waals surface area contributed by atoms with E-state index in [4.69, 9.17) is 0 Å². The standard InChI is InChI=1S/C34H42N2/c1-9-10-12-16-25(4)34-30(19-15-20-32(34)35-29-17-13-11-14-18-29)31(24(2)3)23-26(5)28(7)33-22-21-27(6)36(33)8/h9-10,12-13,15-23,27,35H,4,11,14H2,1-3,5-8H3/b10-9-,16-12-,26-23+,33-28-. The quantitative estimate of drug-likeness (QED) is 0.374. The number of allylic oxidation sites excluding steroid dienone is 14. The summed E-state index contributed by atoms with van der Waals surface area (Å²) in [5.74, 6) is 0. The van der Waals surface area contributed by atoms with Crippen molar-refractivity contribution >= 4 is 16.8 Å². The first kappa shape index (κ1) is 27.1. The molecule has 1 aromatic carbocycles. The SMILES string of the molecule is C=C(/C=C\C=C/C)c1c(NC2=CCCC=C2)cccc1C(/C=C(C)/C(C)=C1/C=CC(C)N1C)=C(C)C. The minimum atomic E-state index is 0.426. The Bertz CT molecular complexity index is 1230. The third-order valence-electron chi connectivity index (χ3n) is 6.95. The molecular weight excluding hydrogens is 436 g/mol. The monoisotopic (exact) mass is 478 g/mol. The molecule has 0 aromatic heterocycles. The molecule has 0 fully saturated rings. The van der Waals surface area contributed by atoms with Crippen molar-refractivity contribution in [1.82, 2.24) is 4.90 Å². The number of nitrogens with zero attached hydrogens (tertiary/aromatic N) is 1. The van der Waals surface area contributed by atoms with Crippen LogP contribution >= 0.6 is 0 Å². The molecule has 0 amide bonds. The normalized spacial score (nSPS) is 19.3. The molecule has 0 spiro atoms. The molecule has 0 bridgehead atoms. The second-order valence-electron chi connectivity index (χ2n) is 9.86. The number of benzene rings is 1. The minimum Gasteiger partial charge on any atom is -0.368 e. The Morgan fingerprint density at radius 3 is 2.47 bits per heavy atom. The molecular formula is C34H42N2. The molecule has 1 atom stereocenters. The van der Waals surface area contributed by atoms with Crippen LogP contribution in [0.5, 0.6) is 0 Å². The number of rotatable bonds is 8. The van der Waals surface area contributed by atoms with Gasteiger partial charge in [-0.05, 0) is 100 Å². The molecule has 1 N–H and O–H groups in total. The molecule has 36 heavy (non-hydrogen) atoms. The Morgan fingerprint density at radius 2 is 1.86 bits per heavy atom. The maximum Gasteiger partial charge on any atom is 0.0469 e. The van der Waals surface area contributed by atoms with Gasteiger partial charge in [-0.25, -0.2) is 0 Å². The molecule has 3 rings (SSSR count). The Morgan fingerprint density at radius 1 is 1.08 bits per heavy atom. The fraction of sp³-hybridized carbons (Fsp3) is 0.294. The van der Waals surface area contributed by atoms with E-state index in [0.717, 1.165) is 35.4 Å². The molecule has 0 saturated heterocycles. The highest BCUT2D eigenvalue weighted by Gasteiger charge is 2.19. The lowest BCUT2D eigenvalue weighted by atomic mass is 9.89. The third kappa shape index (κ3) is 6.37. The van der Waals surface area contributed by atoms with Gasteiger partial charge in [-0.15, -0.1) is 0 Å². The zero-order valence-electron chi connectivity index (χ0n) is 23.2. The van der Waals surface area contributed by atoms with Crippen molar-refractivity contribution in [3.8, 4) is 0 Å². The van der Waals surface area contributed by atoms with Crippen LogP contribution in [0.15, 0.2) is 114 Å². The largest absolute Gasteiger partial charge is 0.368 e. The predicted octanol–water partition coefficient (Wildman–Crippen LogP) is 9.38. The van der Waals surface area contributed by atoms with Crippen LogP contribution in [0.2, 0.25) is 0 Å². The van der Waals surface area contributed by atoms with Crippen LogP contribution in [-0.2, 0) is 0 Å². The van der Waals surface area contributed by atoms with Crippen molar-refractivity contribution in [2.24, 2.45) is 0 Å². The molecule has 1 aromatic rings. The number of hydrogen-bond acceptors (Lipinski definition) is 2. The Labute approximate surface area is 219 Å². The van der Waals surface area contributed by atoms with E-state index in [1.807, 2.05) is 19.1 Å². The van der Waals surface area contributed by atoms with Crippen LogP contribution in [0.25, 0.3) is 11.1 Å². The summed E-state index contributed by atoms with van der Waals surface area (Å²) in [6, 6.07) is 6.95. The van der Waals surface area contributed by atoms with Gasteiger partial charge in [-0.2, -0.15) is 0 Å². The summed E-state index contributed by atoms with van der Waals surface area (Å²) in [4.78, 5) is 2.34. The molecule has 0 saturated carbocycles. The van der Waals surface area contributed by atoms with Gasteiger partial charge < -0.3 is 10.2 Å². The van der Waals surface area contributed by atoms with E-state index in [-0.39, 0.29) is 0 Å². The maximum absolute atomic E-state index is 4.48. The molecule has 1 unspecified atom stereocenters. The van der Waals surface area contributed by atoms with E-state index in [9.17, 15) is 0 Å². The summed E-state index contributed by atoms with van der Waals surface area (Å²) >= 11 is 0. The van der Waals surface area contributed by atoms with Gasteiger partial charge >= 0.3 is 0 Å². The predicted molar refractivity (Wildman–Crippen MR) is 161 cm³/mol. The first-order chi connectivity index (χ1) is 17.2. The molecule has 0 radical (unpaired) electrons. The van der Waals surface area contributed by atoms with E-state index in [1.54, 1.807) is 0 Å². The summed E-state index contributed by atoms with van der Waals surface area (Å²) in [5.41, 5.74) is 11.9. The van der Waals surface area contributed by atoms with E-state index in [1.165, 1.54) is 33.6 Å². The van der Waals surface area contributed by atoms with Crippen LogP contribution in [0.1, 0.15) is 65.5 Å². The van der Waals surface area contributed by atoms with Gasteiger partial charge in [0.05, 0.1) is 0 Å². The number of nitrogens with one attached hydrogen (secondary N) is 1. The highest BCUT2D eigenvalue weighted by molar-refractivity contribution is 5.93. The molecule has 1 aliphatic heterocycles. The second-order valence-corrected chi connectivity index (χ2v) is 9.86. The highest BCUT2D eigenvalue weighted by Crippen LogP contribution is 2.36. The summed E-state index contributed by atoms with van der Waals surface area (Å²) in [6.07, 6.45) is 23.9. The van der Waals surface area contributed by atoms with Crippen molar-refractivity contribution < 1.29 is 0 Å². The van der Waals surface area contributed by atoms with Crippen LogP contribution < -0.4 is 5.32 Å². The number of likely N-dealkylation sites (N-methyl/N-ethyl adjacent to an activating group) is 1. The fourth-order valence-corrected chi connectivity index (χ4v) is 4.56. The van der Waals surface area contributed by atoms with Gasteiger partial charge in [0, 0.05) is 35.7 Å². The third-order valence-corrected chi connectivity index (χ3v) is 6.95. The molecule has 2 aliphatic rings. The van der Waals surface area contributed by atoms with Gasteiger partial charge in [0.15, 0.2) is 0 Å². The van der Waals surface area contributed by atoms with E-state index >= 15 is 0 Å². The summed E-state index contributed by atoms with van der Waals surface area (Å²) < 4.78 is 0. The summed E-state index contributed by atoms with van der Waals surface area (Å²) in [6.45, 7) is 17.6. The maximum atomic E-state index is 4.48. The first-order valence-corrected chi connectivity index (χ1v) is 13.0. The Balaban J connectivity index is 2.14. The van der Waals surface area contributed by atoms with Crippen molar-refractivity contribution in [2.75, 3.05) is 12.4 Å². The number of anilines is 1. The summed E-state index contributed by atoms with van der Waals surface area (Å²) in [5, 5.41) is 3.68. The van der Waals surface area contributed by atoms with Gasteiger partial charge in [0.25, 0.3) is 0 Å². The average molecular weight is 479 g/mol. The van der Waals surface area contributed by atoms with E-state index in [2.05, 4.69) is 125 Å². The lowest BCUT2D eigenvalue weighted by Crippen LogP contribution is -2.21. The smallest absolute Gasteiger partial charge is 0.0469 e. The van der Waals surface area contributed by atoms with Crippen molar-refractivity contribution in [2.45, 2.75) is 60.4 Å². The lowest BCUT2D eigenvalue weighted by molar-refractivity contribution is 0.401. The first-order valence-electron chi connectivity index (χ1n) is 13.0. The fourth-order valence-electron chi connectivity index (χ4n) is 4.56. The Kier molecular flexibility index (Phi) is 9.36. The zero-order valence-corrected chi connectivity index (χ0v) is 23.2. The van der Waals surface area contributed by atoms with Gasteiger partial charge in [-0.1, -0.05) is 72.9 Å². The summed E-state index contributed by atoms with van der Waals surface area (Å²) in [7, 11) is 2.17. The van der Waals surface area contributed by atoms with Gasteiger partial charge in [0.1, 0.15) is 0 Å². The van der Waals surface area contributed by atoms with Gasteiger partial charge in [0.2, 0.25) is 0 Å². The Hall–Kier alpha value is -3.52. The molecule has 188 valence electrons. The molecule has 1 aliphatic carbocycles. The highest BCUT2D eigenvalue weighted by atomic mass is 15.1. The molecule has 2 nitrogen and oxygen atoms in total. The van der Waals surface area contributed by atoms with Crippen LogP contribution in [0.4, 0.5) is 5.69 Å². The topological polar surface area (TPSA) is 15.3 Å². The van der Waals surface area contributed by atoms with Gasteiger partial charge in [-0.3, -0.25) is 0 Å². The average Bonchev–Trinajstić information content (AvgIpc) is 3.20. The van der Waals surface area contributed by atoms with Crippen molar-refractivity contribution in [3.63, 3.8) is 0 Å². The van der Waals surface area contributed by atoms with Crippen molar-refractivity contribution in [3.05, 3.63) is 125 Å². The molecule has 2 heteroatoms.